The quantitative estimate of drug-likeness (QED) is 0.592. The molecule has 0 aliphatic heterocycles. The molecule has 1 aliphatic rings. The fourth-order valence-electron chi connectivity index (χ4n) is 3.33. The van der Waals surface area contributed by atoms with Crippen LogP contribution in [-0.2, 0) is 16.6 Å². The Hall–Kier alpha value is -2.11. The first kappa shape index (κ1) is 18.2. The van der Waals surface area contributed by atoms with Crippen LogP contribution in [0.1, 0.15) is 65.2 Å². The Kier molecular flexibility index (Phi) is 5.16. The molecule has 0 bridgehead atoms. The van der Waals surface area contributed by atoms with Crippen molar-refractivity contribution in [3.8, 4) is 0 Å². The largest absolute Gasteiger partial charge is 0.464 e. The number of ether oxygens (including phenoxy) is 1. The number of carbonyl (C=O) groups excluding carboxylic acids is 3. The summed E-state index contributed by atoms with van der Waals surface area (Å²) in [5, 5.41) is 0. The van der Waals surface area contributed by atoms with E-state index in [4.69, 9.17) is 4.74 Å². The van der Waals surface area contributed by atoms with Gasteiger partial charge in [-0.05, 0) is 39.2 Å². The second kappa shape index (κ2) is 6.79. The molecule has 6 heteroatoms. The van der Waals surface area contributed by atoms with Crippen molar-refractivity contribution in [2.24, 2.45) is 7.05 Å². The van der Waals surface area contributed by atoms with Crippen molar-refractivity contribution in [2.45, 2.75) is 59.0 Å². The first-order valence-corrected chi connectivity index (χ1v) is 8.35. The average Bonchev–Trinajstić information content (AvgIpc) is 3.35. The first-order chi connectivity index (χ1) is 11.3. The minimum absolute atomic E-state index is 0.00206. The molecule has 24 heavy (non-hydrogen) atoms. The van der Waals surface area contributed by atoms with Crippen LogP contribution in [0.5, 0.6) is 0 Å². The molecule has 0 aromatic carbocycles. The molecule has 0 saturated heterocycles. The molecule has 0 N–H and O–H groups in total. The van der Waals surface area contributed by atoms with E-state index >= 15 is 0 Å². The van der Waals surface area contributed by atoms with Gasteiger partial charge in [-0.15, -0.1) is 0 Å². The molecule has 1 amide bonds. The van der Waals surface area contributed by atoms with E-state index in [-0.39, 0.29) is 17.7 Å². The Balaban J connectivity index is 2.42. The van der Waals surface area contributed by atoms with Gasteiger partial charge in [-0.2, -0.15) is 0 Å². The minimum atomic E-state index is -0.532. The van der Waals surface area contributed by atoms with Gasteiger partial charge in [0.05, 0.1) is 13.2 Å². The summed E-state index contributed by atoms with van der Waals surface area (Å²) in [6.07, 6.45) is 2.28. The van der Waals surface area contributed by atoms with Crippen LogP contribution in [-0.4, -0.2) is 46.3 Å². The second-order valence-electron chi connectivity index (χ2n) is 6.41. The maximum atomic E-state index is 13.1. The van der Waals surface area contributed by atoms with Crippen molar-refractivity contribution in [3.63, 3.8) is 0 Å². The predicted molar refractivity (Wildman–Crippen MR) is 90.2 cm³/mol. The highest BCUT2D eigenvalue weighted by atomic mass is 16.5. The maximum Gasteiger partial charge on any atom is 0.354 e. The van der Waals surface area contributed by atoms with Gasteiger partial charge in [0.15, 0.2) is 5.78 Å². The SMILES string of the molecule is CCC(=O)N(C1CC1)[C@@H](C)C(=O)c1c(C)c(C(=O)OC)n(C)c1C. The Morgan fingerprint density at radius 3 is 2.33 bits per heavy atom. The van der Waals surface area contributed by atoms with Crippen LogP contribution in [0.2, 0.25) is 0 Å². The number of rotatable bonds is 6. The van der Waals surface area contributed by atoms with Gasteiger partial charge in [-0.3, -0.25) is 9.59 Å². The van der Waals surface area contributed by atoms with Gasteiger partial charge in [0.25, 0.3) is 0 Å². The number of carbonyl (C=O) groups is 3. The number of Topliss-reactive ketones (excluding diaryl/α,β-unsaturated/α-hetero) is 1. The minimum Gasteiger partial charge on any atom is -0.464 e. The molecule has 2 rings (SSSR count). The van der Waals surface area contributed by atoms with E-state index in [0.29, 0.717) is 28.9 Å². The van der Waals surface area contributed by atoms with E-state index in [1.165, 1.54) is 7.11 Å². The van der Waals surface area contributed by atoms with Crippen molar-refractivity contribution < 1.29 is 19.1 Å². The first-order valence-electron chi connectivity index (χ1n) is 8.35. The molecule has 1 aromatic rings. The van der Waals surface area contributed by atoms with Gasteiger partial charge >= 0.3 is 5.97 Å². The standard InChI is InChI=1S/C18H26N2O4/c1-7-14(21)20(13-8-9-13)12(4)17(22)15-10(2)16(18(23)24-6)19(5)11(15)3/h12-13H,7-9H2,1-6H3/t12-/m0/s1. The van der Waals surface area contributed by atoms with Crippen molar-refractivity contribution >= 4 is 17.7 Å². The van der Waals surface area contributed by atoms with E-state index in [9.17, 15) is 14.4 Å². The lowest BCUT2D eigenvalue weighted by molar-refractivity contribution is -0.132. The molecule has 0 unspecified atom stereocenters. The van der Waals surface area contributed by atoms with Crippen LogP contribution < -0.4 is 0 Å². The van der Waals surface area contributed by atoms with Gasteiger partial charge in [-0.25, -0.2) is 4.79 Å². The number of ketones is 1. The molecule has 6 nitrogen and oxygen atoms in total. The highest BCUT2D eigenvalue weighted by Crippen LogP contribution is 2.32. The third kappa shape index (κ3) is 2.97. The number of hydrogen-bond acceptors (Lipinski definition) is 4. The molecule has 1 saturated carbocycles. The number of methoxy groups -OCH3 is 1. The van der Waals surface area contributed by atoms with Crippen LogP contribution in [0.4, 0.5) is 0 Å². The number of esters is 1. The third-order valence-electron chi connectivity index (χ3n) is 4.88. The van der Waals surface area contributed by atoms with Crippen molar-refractivity contribution in [1.29, 1.82) is 0 Å². The average molecular weight is 334 g/mol. The molecule has 1 fully saturated rings. The molecule has 1 atom stereocenters. The number of nitrogens with zero attached hydrogens (tertiary/aromatic N) is 2. The summed E-state index contributed by atoms with van der Waals surface area (Å²) >= 11 is 0. The van der Waals surface area contributed by atoms with Crippen LogP contribution in [0.3, 0.4) is 0 Å². The van der Waals surface area contributed by atoms with Gasteiger partial charge in [0, 0.05) is 30.8 Å². The van der Waals surface area contributed by atoms with Gasteiger partial charge < -0.3 is 14.2 Å². The summed E-state index contributed by atoms with van der Waals surface area (Å²) in [4.78, 5) is 39.1. The van der Waals surface area contributed by atoms with Crippen LogP contribution >= 0.6 is 0 Å². The monoisotopic (exact) mass is 334 g/mol. The Labute approximate surface area is 142 Å². The molecule has 0 radical (unpaired) electrons. The predicted octanol–water partition coefficient (Wildman–Crippen LogP) is 2.40. The fourth-order valence-corrected chi connectivity index (χ4v) is 3.33. The summed E-state index contributed by atoms with van der Waals surface area (Å²) < 4.78 is 6.51. The van der Waals surface area contributed by atoms with Gasteiger partial charge in [-0.1, -0.05) is 6.92 Å². The number of aromatic nitrogens is 1. The lowest BCUT2D eigenvalue weighted by atomic mass is 9.99. The highest BCUT2D eigenvalue weighted by molar-refractivity contribution is 6.06. The lowest BCUT2D eigenvalue weighted by Crippen LogP contribution is -2.44. The highest BCUT2D eigenvalue weighted by Gasteiger charge is 2.39. The van der Waals surface area contributed by atoms with E-state index < -0.39 is 12.0 Å². The van der Waals surface area contributed by atoms with E-state index in [1.807, 2.05) is 13.8 Å². The topological polar surface area (TPSA) is 68.6 Å². The molecule has 1 aromatic heterocycles. The van der Waals surface area contributed by atoms with Crippen LogP contribution in [0.25, 0.3) is 0 Å². The summed E-state index contributed by atoms with van der Waals surface area (Å²) in [5.74, 6) is -0.587. The smallest absolute Gasteiger partial charge is 0.354 e. The summed E-state index contributed by atoms with van der Waals surface area (Å²) in [5.41, 5.74) is 2.22. The van der Waals surface area contributed by atoms with Crippen molar-refractivity contribution in [3.05, 3.63) is 22.5 Å². The summed E-state index contributed by atoms with van der Waals surface area (Å²) in [6.45, 7) is 7.14. The Morgan fingerprint density at radius 2 is 1.88 bits per heavy atom. The van der Waals surface area contributed by atoms with Crippen LogP contribution in [0, 0.1) is 13.8 Å². The fraction of sp³-hybridized carbons (Fsp3) is 0.611. The van der Waals surface area contributed by atoms with E-state index in [2.05, 4.69) is 0 Å². The molecule has 132 valence electrons. The molecule has 1 aliphatic carbocycles. The zero-order valence-electron chi connectivity index (χ0n) is 15.3. The van der Waals surface area contributed by atoms with E-state index in [0.717, 1.165) is 12.8 Å². The number of amides is 1. The molecule has 0 spiro atoms. The normalized spacial score (nSPS) is 15.1. The molecular weight excluding hydrogens is 308 g/mol. The Morgan fingerprint density at radius 1 is 1.29 bits per heavy atom. The number of hydrogen-bond donors (Lipinski definition) is 0. The maximum absolute atomic E-state index is 13.1. The zero-order valence-corrected chi connectivity index (χ0v) is 15.3. The molecule has 1 heterocycles. The van der Waals surface area contributed by atoms with Gasteiger partial charge in [0.2, 0.25) is 5.91 Å². The Bertz CT molecular complexity index is 686. The second-order valence-corrected chi connectivity index (χ2v) is 6.41. The van der Waals surface area contributed by atoms with Crippen molar-refractivity contribution in [2.75, 3.05) is 7.11 Å². The summed E-state index contributed by atoms with van der Waals surface area (Å²) in [6, 6.07) is -0.365. The lowest BCUT2D eigenvalue weighted by Gasteiger charge is -2.28. The van der Waals surface area contributed by atoms with Crippen LogP contribution in [0.15, 0.2) is 0 Å². The van der Waals surface area contributed by atoms with Gasteiger partial charge in [0.1, 0.15) is 5.69 Å². The zero-order chi connectivity index (χ0) is 18.2. The summed E-state index contributed by atoms with van der Waals surface area (Å²) in [7, 11) is 3.06. The molecular formula is C18H26N2O4. The third-order valence-corrected chi connectivity index (χ3v) is 4.88. The van der Waals surface area contributed by atoms with Crippen molar-refractivity contribution in [1.82, 2.24) is 9.47 Å². The van der Waals surface area contributed by atoms with E-state index in [1.54, 1.807) is 30.4 Å².